The van der Waals surface area contributed by atoms with Crippen LogP contribution in [0.15, 0.2) is 24.3 Å². The van der Waals surface area contributed by atoms with Crippen molar-refractivity contribution in [2.24, 2.45) is 0 Å². The van der Waals surface area contributed by atoms with Gasteiger partial charge in [-0.2, -0.15) is 0 Å². The molecular weight excluding hydrogens is 346 g/mol. The highest BCUT2D eigenvalue weighted by Gasteiger charge is 2.32. The SMILES string of the molecule is COc1ccc(C(C)c2nc(C(=O)O)c(O)c(C(=O)O)c2C(=O)O)cc1. The Morgan fingerprint density at radius 1 is 0.962 bits per heavy atom. The molecule has 4 N–H and O–H groups in total. The summed E-state index contributed by atoms with van der Waals surface area (Å²) in [6.45, 7) is 1.55. The summed E-state index contributed by atoms with van der Waals surface area (Å²) in [6.07, 6.45) is 0. The van der Waals surface area contributed by atoms with Gasteiger partial charge in [0.15, 0.2) is 11.4 Å². The zero-order valence-electron chi connectivity index (χ0n) is 13.8. The average Bonchev–Trinajstić information content (AvgIpc) is 2.59. The number of nitrogens with zero attached hydrogens (tertiary/aromatic N) is 1. The van der Waals surface area contributed by atoms with Crippen molar-refractivity contribution in [3.63, 3.8) is 0 Å². The van der Waals surface area contributed by atoms with Crippen molar-refractivity contribution in [2.45, 2.75) is 12.8 Å². The Morgan fingerprint density at radius 2 is 1.50 bits per heavy atom. The normalized spacial score (nSPS) is 11.6. The van der Waals surface area contributed by atoms with E-state index >= 15 is 0 Å². The number of benzene rings is 1. The van der Waals surface area contributed by atoms with Crippen LogP contribution < -0.4 is 4.74 Å². The molecule has 9 nitrogen and oxygen atoms in total. The molecule has 1 atom stereocenters. The number of hydrogen-bond acceptors (Lipinski definition) is 6. The fourth-order valence-electron chi connectivity index (χ4n) is 2.53. The molecule has 0 fully saturated rings. The number of carbonyl (C=O) groups is 3. The second-order valence-corrected chi connectivity index (χ2v) is 5.35. The molecule has 1 unspecified atom stereocenters. The van der Waals surface area contributed by atoms with E-state index in [1.165, 1.54) is 7.11 Å². The Bertz CT molecular complexity index is 889. The molecule has 0 amide bonds. The number of rotatable bonds is 6. The van der Waals surface area contributed by atoms with Gasteiger partial charge in [-0.1, -0.05) is 19.1 Å². The first-order valence-corrected chi connectivity index (χ1v) is 7.29. The van der Waals surface area contributed by atoms with Gasteiger partial charge in [-0.25, -0.2) is 19.4 Å². The van der Waals surface area contributed by atoms with Crippen molar-refractivity contribution in [3.05, 3.63) is 52.3 Å². The Balaban J connectivity index is 2.77. The molecule has 9 heteroatoms. The highest BCUT2D eigenvalue weighted by atomic mass is 16.5. The second-order valence-electron chi connectivity index (χ2n) is 5.35. The highest BCUT2D eigenvalue weighted by molar-refractivity contribution is 6.07. The lowest BCUT2D eigenvalue weighted by atomic mass is 9.91. The predicted molar refractivity (Wildman–Crippen MR) is 87.3 cm³/mol. The van der Waals surface area contributed by atoms with E-state index in [0.717, 1.165) is 0 Å². The number of hydrogen-bond donors (Lipinski definition) is 4. The summed E-state index contributed by atoms with van der Waals surface area (Å²) in [6, 6.07) is 6.46. The van der Waals surface area contributed by atoms with Gasteiger partial charge in [0, 0.05) is 5.92 Å². The van der Waals surface area contributed by atoms with Crippen LogP contribution in [0.25, 0.3) is 0 Å². The van der Waals surface area contributed by atoms with E-state index in [1.54, 1.807) is 31.2 Å². The minimum atomic E-state index is -1.77. The van der Waals surface area contributed by atoms with Crippen molar-refractivity contribution < 1.29 is 39.5 Å². The molecule has 2 rings (SSSR count). The molecule has 1 heterocycles. The van der Waals surface area contributed by atoms with Gasteiger partial charge in [-0.15, -0.1) is 0 Å². The van der Waals surface area contributed by atoms with Gasteiger partial charge in [0.1, 0.15) is 11.3 Å². The maximum Gasteiger partial charge on any atom is 0.358 e. The van der Waals surface area contributed by atoms with Crippen LogP contribution in [0.2, 0.25) is 0 Å². The Hall–Kier alpha value is -3.62. The molecule has 0 aliphatic heterocycles. The Labute approximate surface area is 147 Å². The van der Waals surface area contributed by atoms with Crippen LogP contribution >= 0.6 is 0 Å². The Morgan fingerprint density at radius 3 is 1.92 bits per heavy atom. The fourth-order valence-corrected chi connectivity index (χ4v) is 2.53. The van der Waals surface area contributed by atoms with E-state index < -0.39 is 46.4 Å². The standard InChI is InChI=1S/C17H15NO8/c1-7(8-3-5-9(26-2)6-4-8)12-10(15(20)21)11(16(22)23)14(19)13(18-12)17(24)25/h3-7,19H,1-2H3,(H,20,21)(H,22,23)(H,24,25). The van der Waals surface area contributed by atoms with Crippen molar-refractivity contribution >= 4 is 17.9 Å². The lowest BCUT2D eigenvalue weighted by molar-refractivity contribution is 0.0640. The summed E-state index contributed by atoms with van der Waals surface area (Å²) in [4.78, 5) is 38.1. The zero-order valence-corrected chi connectivity index (χ0v) is 13.8. The van der Waals surface area contributed by atoms with Crippen molar-refractivity contribution in [1.29, 1.82) is 0 Å². The smallest absolute Gasteiger partial charge is 0.358 e. The first kappa shape index (κ1) is 18.7. The van der Waals surface area contributed by atoms with Crippen LogP contribution in [0, 0.1) is 0 Å². The minimum absolute atomic E-state index is 0.282. The van der Waals surface area contributed by atoms with Gasteiger partial charge in [0.2, 0.25) is 0 Å². The van der Waals surface area contributed by atoms with E-state index in [1.807, 2.05) is 0 Å². The number of carboxylic acids is 3. The number of aromatic hydroxyl groups is 1. The molecular formula is C17H15NO8. The second kappa shape index (κ2) is 7.09. The zero-order chi connectivity index (χ0) is 19.6. The number of methoxy groups -OCH3 is 1. The summed E-state index contributed by atoms with van der Waals surface area (Å²) >= 11 is 0. The highest BCUT2D eigenvalue weighted by Crippen LogP contribution is 2.34. The van der Waals surface area contributed by atoms with E-state index in [9.17, 15) is 29.7 Å². The maximum absolute atomic E-state index is 11.6. The van der Waals surface area contributed by atoms with Crippen LogP contribution in [0.4, 0.5) is 0 Å². The molecule has 2 aromatic rings. The van der Waals surface area contributed by atoms with Crippen molar-refractivity contribution in [2.75, 3.05) is 7.11 Å². The lowest BCUT2D eigenvalue weighted by Crippen LogP contribution is -2.19. The number of carboxylic acid groups (broad SMARTS) is 3. The van der Waals surface area contributed by atoms with Crippen LogP contribution in [0.1, 0.15) is 55.3 Å². The van der Waals surface area contributed by atoms with Gasteiger partial charge in [0.05, 0.1) is 18.4 Å². The third kappa shape index (κ3) is 3.27. The lowest BCUT2D eigenvalue weighted by Gasteiger charge is -2.18. The molecule has 0 saturated carbocycles. The van der Waals surface area contributed by atoms with Gasteiger partial charge in [-0.05, 0) is 17.7 Å². The van der Waals surface area contributed by atoms with Gasteiger partial charge in [0.25, 0.3) is 0 Å². The summed E-state index contributed by atoms with van der Waals surface area (Å²) in [5.74, 6) is -6.50. The number of pyridine rings is 1. The van der Waals surface area contributed by atoms with Gasteiger partial charge in [-0.3, -0.25) is 0 Å². The first-order chi connectivity index (χ1) is 12.2. The average molecular weight is 361 g/mol. The van der Waals surface area contributed by atoms with Crippen molar-refractivity contribution in [1.82, 2.24) is 4.98 Å². The summed E-state index contributed by atoms with van der Waals surface area (Å²) in [5.41, 5.74) is -2.43. The van der Waals surface area contributed by atoms with Crippen molar-refractivity contribution in [3.8, 4) is 11.5 Å². The quantitative estimate of drug-likeness (QED) is 0.605. The first-order valence-electron chi connectivity index (χ1n) is 7.29. The molecule has 0 spiro atoms. The summed E-state index contributed by atoms with van der Waals surface area (Å²) in [7, 11) is 1.47. The third-order valence-corrected chi connectivity index (χ3v) is 3.86. The van der Waals surface area contributed by atoms with Crippen LogP contribution in [-0.2, 0) is 0 Å². The van der Waals surface area contributed by atoms with E-state index in [2.05, 4.69) is 4.98 Å². The topological polar surface area (TPSA) is 154 Å². The van der Waals surface area contributed by atoms with E-state index in [-0.39, 0.29) is 5.69 Å². The van der Waals surface area contributed by atoms with Crippen LogP contribution in [0.3, 0.4) is 0 Å². The molecule has 26 heavy (non-hydrogen) atoms. The maximum atomic E-state index is 11.6. The third-order valence-electron chi connectivity index (χ3n) is 3.86. The molecule has 1 aromatic carbocycles. The summed E-state index contributed by atoms with van der Waals surface area (Å²) in [5, 5.41) is 37.8. The van der Waals surface area contributed by atoms with E-state index in [4.69, 9.17) is 9.84 Å². The van der Waals surface area contributed by atoms with Crippen LogP contribution in [-0.4, -0.2) is 50.4 Å². The monoisotopic (exact) mass is 361 g/mol. The number of ether oxygens (including phenoxy) is 1. The van der Waals surface area contributed by atoms with E-state index in [0.29, 0.717) is 11.3 Å². The van der Waals surface area contributed by atoms with Gasteiger partial charge >= 0.3 is 17.9 Å². The molecule has 136 valence electrons. The molecule has 0 bridgehead atoms. The Kier molecular flexibility index (Phi) is 5.11. The molecule has 0 aliphatic carbocycles. The molecule has 0 saturated heterocycles. The number of aromatic nitrogens is 1. The molecule has 1 aromatic heterocycles. The minimum Gasteiger partial charge on any atom is -0.505 e. The largest absolute Gasteiger partial charge is 0.505 e. The van der Waals surface area contributed by atoms with Gasteiger partial charge < -0.3 is 25.2 Å². The number of aromatic carboxylic acids is 3. The molecule has 0 radical (unpaired) electrons. The van der Waals surface area contributed by atoms with Crippen LogP contribution in [0.5, 0.6) is 11.5 Å². The molecule has 0 aliphatic rings. The predicted octanol–water partition coefficient (Wildman–Crippen LogP) is 2.04. The fraction of sp³-hybridized carbons (Fsp3) is 0.176. The summed E-state index contributed by atoms with van der Waals surface area (Å²) < 4.78 is 5.04.